The van der Waals surface area contributed by atoms with Crippen LogP contribution in [0.4, 0.5) is 5.82 Å². The Morgan fingerprint density at radius 2 is 2.36 bits per heavy atom. The van der Waals surface area contributed by atoms with Crippen LogP contribution in [0, 0.1) is 4.64 Å². The van der Waals surface area contributed by atoms with Gasteiger partial charge in [-0.1, -0.05) is 12.2 Å². The highest BCUT2D eigenvalue weighted by molar-refractivity contribution is 7.80. The van der Waals surface area contributed by atoms with Crippen molar-refractivity contribution in [3.63, 3.8) is 0 Å². The number of thiol groups is 1. The standard InChI is InChI=1S/C6H6N2OS2/c9-3-7-5-1-4(10)2-6(11)8-5/h1-3H,(H3,7,8,9,10,11). The van der Waals surface area contributed by atoms with E-state index < -0.39 is 0 Å². The summed E-state index contributed by atoms with van der Waals surface area (Å²) in [6, 6.07) is 3.36. The molecule has 1 amide bonds. The van der Waals surface area contributed by atoms with Gasteiger partial charge in [-0.25, -0.2) is 0 Å². The van der Waals surface area contributed by atoms with Crippen molar-refractivity contribution in [2.45, 2.75) is 4.90 Å². The average molecular weight is 186 g/mol. The molecule has 0 aliphatic heterocycles. The predicted molar refractivity (Wildman–Crippen MR) is 48.6 cm³/mol. The lowest BCUT2D eigenvalue weighted by atomic mass is 10.4. The Morgan fingerprint density at radius 3 is 2.91 bits per heavy atom. The van der Waals surface area contributed by atoms with Gasteiger partial charge < -0.3 is 10.3 Å². The molecule has 0 aliphatic carbocycles. The number of H-pyrrole nitrogens is 1. The lowest BCUT2D eigenvalue weighted by Crippen LogP contribution is -1.96. The molecule has 0 spiro atoms. The first-order chi connectivity index (χ1) is 5.22. The molecule has 0 aromatic carbocycles. The van der Waals surface area contributed by atoms with E-state index in [4.69, 9.17) is 12.2 Å². The maximum Gasteiger partial charge on any atom is 0.212 e. The molecule has 0 fully saturated rings. The first kappa shape index (κ1) is 8.29. The second-order valence-electron chi connectivity index (χ2n) is 1.88. The smallest absolute Gasteiger partial charge is 0.212 e. The molecule has 11 heavy (non-hydrogen) atoms. The number of carbonyl (C=O) groups is 1. The van der Waals surface area contributed by atoms with Crippen molar-refractivity contribution in [3.8, 4) is 0 Å². The zero-order valence-electron chi connectivity index (χ0n) is 5.50. The monoisotopic (exact) mass is 186 g/mol. The second-order valence-corrected chi connectivity index (χ2v) is 2.83. The Balaban J connectivity index is 3.08. The predicted octanol–water partition coefficient (Wildman–Crippen LogP) is 1.60. The van der Waals surface area contributed by atoms with Crippen molar-refractivity contribution < 1.29 is 4.79 Å². The number of carbonyl (C=O) groups excluding carboxylic acids is 1. The molecule has 1 aromatic rings. The third-order valence-corrected chi connectivity index (χ3v) is 1.52. The van der Waals surface area contributed by atoms with Gasteiger partial charge in [0.15, 0.2) is 0 Å². The fraction of sp³-hybridized carbons (Fsp3) is 0. The minimum atomic E-state index is 0.543. The quantitative estimate of drug-likeness (QED) is 0.373. The van der Waals surface area contributed by atoms with E-state index in [2.05, 4.69) is 22.9 Å². The van der Waals surface area contributed by atoms with Crippen LogP contribution in [0.25, 0.3) is 0 Å². The number of rotatable bonds is 2. The van der Waals surface area contributed by atoms with Gasteiger partial charge in [-0.15, -0.1) is 12.6 Å². The van der Waals surface area contributed by atoms with E-state index in [9.17, 15) is 4.79 Å². The van der Waals surface area contributed by atoms with Crippen molar-refractivity contribution in [1.29, 1.82) is 0 Å². The van der Waals surface area contributed by atoms with Crippen LogP contribution in [-0.2, 0) is 4.79 Å². The summed E-state index contributed by atoms with van der Waals surface area (Å²) >= 11 is 8.91. The molecule has 0 atom stereocenters. The molecule has 2 N–H and O–H groups in total. The number of amides is 1. The molecule has 0 saturated heterocycles. The lowest BCUT2D eigenvalue weighted by molar-refractivity contribution is -0.105. The Labute approximate surface area is 74.2 Å². The van der Waals surface area contributed by atoms with Crippen LogP contribution in [0.3, 0.4) is 0 Å². The summed E-state index contributed by atoms with van der Waals surface area (Å²) in [5.74, 6) is 0.553. The molecule has 1 heterocycles. The van der Waals surface area contributed by atoms with Gasteiger partial charge in [0.25, 0.3) is 0 Å². The molecule has 0 radical (unpaired) electrons. The number of pyridine rings is 1. The summed E-state index contributed by atoms with van der Waals surface area (Å²) in [6.45, 7) is 0. The second kappa shape index (κ2) is 3.54. The van der Waals surface area contributed by atoms with Crippen LogP contribution in [-0.4, -0.2) is 11.4 Å². The van der Waals surface area contributed by atoms with Gasteiger partial charge in [0.2, 0.25) is 6.41 Å². The minimum absolute atomic E-state index is 0.543. The van der Waals surface area contributed by atoms with Crippen molar-refractivity contribution in [3.05, 3.63) is 16.8 Å². The van der Waals surface area contributed by atoms with Gasteiger partial charge >= 0.3 is 0 Å². The number of aromatic nitrogens is 1. The van der Waals surface area contributed by atoms with Crippen LogP contribution >= 0.6 is 24.8 Å². The van der Waals surface area contributed by atoms with Gasteiger partial charge in [-0.3, -0.25) is 4.79 Å². The highest BCUT2D eigenvalue weighted by Crippen LogP contribution is 2.10. The summed E-state index contributed by atoms with van der Waals surface area (Å²) in [5.41, 5.74) is 0. The van der Waals surface area contributed by atoms with Gasteiger partial charge in [-0.2, -0.15) is 0 Å². The topological polar surface area (TPSA) is 44.9 Å². The molecular weight excluding hydrogens is 180 g/mol. The van der Waals surface area contributed by atoms with E-state index in [0.29, 0.717) is 16.9 Å². The van der Waals surface area contributed by atoms with Gasteiger partial charge in [-0.05, 0) is 12.1 Å². The van der Waals surface area contributed by atoms with Crippen LogP contribution in [0.1, 0.15) is 0 Å². The molecule has 1 aromatic heterocycles. The van der Waals surface area contributed by atoms with E-state index in [1.807, 2.05) is 0 Å². The normalized spacial score (nSPS) is 9.18. The number of hydrogen-bond donors (Lipinski definition) is 3. The fourth-order valence-corrected chi connectivity index (χ4v) is 1.25. The zero-order valence-corrected chi connectivity index (χ0v) is 7.21. The third kappa shape index (κ3) is 2.36. The van der Waals surface area contributed by atoms with Crippen molar-refractivity contribution in [2.75, 3.05) is 5.32 Å². The summed E-state index contributed by atoms with van der Waals surface area (Å²) in [6.07, 6.45) is 0.577. The molecule has 1 rings (SSSR count). The summed E-state index contributed by atoms with van der Waals surface area (Å²) in [7, 11) is 0. The van der Waals surface area contributed by atoms with E-state index in [1.165, 1.54) is 0 Å². The van der Waals surface area contributed by atoms with Crippen LogP contribution in [0.5, 0.6) is 0 Å². The van der Waals surface area contributed by atoms with Crippen molar-refractivity contribution >= 4 is 37.1 Å². The van der Waals surface area contributed by atoms with Gasteiger partial charge in [0.1, 0.15) is 10.5 Å². The molecular formula is C6H6N2OS2. The number of nitrogens with one attached hydrogen (secondary N) is 2. The van der Waals surface area contributed by atoms with Crippen LogP contribution in [0.15, 0.2) is 17.0 Å². The maximum absolute atomic E-state index is 10.0. The number of hydrogen-bond acceptors (Lipinski definition) is 3. The first-order valence-electron chi connectivity index (χ1n) is 2.86. The molecule has 0 aliphatic rings. The molecule has 58 valence electrons. The molecule has 3 nitrogen and oxygen atoms in total. The van der Waals surface area contributed by atoms with E-state index >= 15 is 0 Å². The number of aromatic amines is 1. The SMILES string of the molecule is O=CNc1cc(S)cc(=S)[nH]1. The number of anilines is 1. The van der Waals surface area contributed by atoms with Gasteiger partial charge in [0.05, 0.1) is 0 Å². The average Bonchev–Trinajstić information content (AvgIpc) is 1.85. The molecule has 0 bridgehead atoms. The fourth-order valence-electron chi connectivity index (χ4n) is 0.670. The zero-order chi connectivity index (χ0) is 8.27. The highest BCUT2D eigenvalue weighted by atomic mass is 32.1. The Hall–Kier alpha value is -0.810. The summed E-state index contributed by atoms with van der Waals surface area (Å²) in [4.78, 5) is 13.5. The van der Waals surface area contributed by atoms with Gasteiger partial charge in [0, 0.05) is 4.90 Å². The Kier molecular flexibility index (Phi) is 2.67. The van der Waals surface area contributed by atoms with Crippen molar-refractivity contribution in [1.82, 2.24) is 4.98 Å². The Bertz CT molecular complexity index is 321. The first-order valence-corrected chi connectivity index (χ1v) is 3.71. The Morgan fingerprint density at radius 1 is 1.64 bits per heavy atom. The third-order valence-electron chi connectivity index (χ3n) is 1.04. The summed E-state index contributed by atoms with van der Waals surface area (Å²) < 4.78 is 0.543. The highest BCUT2D eigenvalue weighted by Gasteiger charge is 1.91. The molecule has 0 unspecified atom stereocenters. The van der Waals surface area contributed by atoms with Crippen LogP contribution in [0.2, 0.25) is 0 Å². The lowest BCUT2D eigenvalue weighted by Gasteiger charge is -1.98. The summed E-state index contributed by atoms with van der Waals surface area (Å²) in [5, 5.41) is 2.44. The van der Waals surface area contributed by atoms with E-state index in [0.717, 1.165) is 4.90 Å². The van der Waals surface area contributed by atoms with Crippen LogP contribution < -0.4 is 5.32 Å². The van der Waals surface area contributed by atoms with Crippen molar-refractivity contribution in [2.24, 2.45) is 0 Å². The largest absolute Gasteiger partial charge is 0.333 e. The molecule has 0 saturated carbocycles. The maximum atomic E-state index is 10.0. The minimum Gasteiger partial charge on any atom is -0.333 e. The van der Waals surface area contributed by atoms with E-state index in [1.54, 1.807) is 12.1 Å². The van der Waals surface area contributed by atoms with E-state index in [-0.39, 0.29) is 0 Å². The molecule has 5 heteroatoms.